The van der Waals surface area contributed by atoms with Crippen molar-refractivity contribution in [3.63, 3.8) is 0 Å². The molecule has 0 unspecified atom stereocenters. The van der Waals surface area contributed by atoms with Gasteiger partial charge in [0.15, 0.2) is 23.7 Å². The fourth-order valence-electron chi connectivity index (χ4n) is 1.01. The monoisotopic (exact) mass is 199 g/mol. The summed E-state index contributed by atoms with van der Waals surface area (Å²) in [4.78, 5) is 21.5. The molecule has 0 bridgehead atoms. The number of benzene rings is 1. The first-order chi connectivity index (χ1) is 6.60. The van der Waals surface area contributed by atoms with E-state index < -0.39 is 17.4 Å². The Hall–Kier alpha value is -1.62. The van der Waals surface area contributed by atoms with E-state index >= 15 is 0 Å². The molecule has 1 aromatic carbocycles. The molecule has 5 heteroatoms. The Labute approximate surface area is 78.5 Å². The van der Waals surface area contributed by atoms with Crippen LogP contribution in [0.25, 0.3) is 0 Å². The minimum Gasteiger partial charge on any atom is -0.324 e. The molecule has 1 rings (SSSR count). The van der Waals surface area contributed by atoms with E-state index in [-0.39, 0.29) is 24.0 Å². The predicted molar refractivity (Wildman–Crippen MR) is 45.1 cm³/mol. The highest BCUT2D eigenvalue weighted by Gasteiger charge is 2.14. The van der Waals surface area contributed by atoms with Gasteiger partial charge in [0.1, 0.15) is 0 Å². The smallest absolute Gasteiger partial charge is 0.177 e. The molecule has 0 fully saturated rings. The number of nitrogens with two attached hydrogens (primary N) is 1. The number of carbonyl (C=O) groups excluding carboxylic acids is 2. The second-order valence-corrected chi connectivity index (χ2v) is 2.60. The fourth-order valence-corrected chi connectivity index (χ4v) is 1.01. The van der Waals surface area contributed by atoms with Crippen molar-refractivity contribution in [1.29, 1.82) is 0 Å². The molecule has 3 nitrogen and oxygen atoms in total. The Kier molecular flexibility index (Phi) is 3.03. The van der Waals surface area contributed by atoms with Gasteiger partial charge in [-0.3, -0.25) is 9.59 Å². The fraction of sp³-hybridized carbons (Fsp3) is 0.111. The molecule has 0 aromatic heterocycles. The largest absolute Gasteiger partial charge is 0.324 e. The van der Waals surface area contributed by atoms with Crippen molar-refractivity contribution >= 4 is 12.1 Å². The third-order valence-electron chi connectivity index (χ3n) is 1.71. The molecular formula is C9H7F2NO2. The zero-order valence-corrected chi connectivity index (χ0v) is 7.09. The minimum atomic E-state index is -1.17. The summed E-state index contributed by atoms with van der Waals surface area (Å²) in [5.41, 5.74) is 4.65. The van der Waals surface area contributed by atoms with E-state index in [1.165, 1.54) is 0 Å². The molecule has 74 valence electrons. The Balaban J connectivity index is 3.34. The van der Waals surface area contributed by atoms with Crippen LogP contribution in [0.2, 0.25) is 0 Å². The van der Waals surface area contributed by atoms with E-state index in [1.807, 2.05) is 0 Å². The van der Waals surface area contributed by atoms with Gasteiger partial charge in [0.25, 0.3) is 0 Å². The average molecular weight is 199 g/mol. The molecule has 0 spiro atoms. The van der Waals surface area contributed by atoms with Gasteiger partial charge in [-0.2, -0.15) is 0 Å². The maximum Gasteiger partial charge on any atom is 0.177 e. The maximum absolute atomic E-state index is 12.7. The topological polar surface area (TPSA) is 60.2 Å². The van der Waals surface area contributed by atoms with Gasteiger partial charge in [-0.05, 0) is 12.1 Å². The van der Waals surface area contributed by atoms with E-state index in [0.717, 1.165) is 0 Å². The molecule has 0 amide bonds. The summed E-state index contributed by atoms with van der Waals surface area (Å²) in [6.45, 7) is -0.355. The Morgan fingerprint density at radius 2 is 1.93 bits per heavy atom. The summed E-state index contributed by atoms with van der Waals surface area (Å²) in [7, 11) is 0. The third-order valence-corrected chi connectivity index (χ3v) is 1.71. The van der Waals surface area contributed by atoms with Crippen LogP contribution in [0.4, 0.5) is 8.78 Å². The van der Waals surface area contributed by atoms with Gasteiger partial charge in [0.05, 0.1) is 6.54 Å². The molecule has 0 aliphatic heterocycles. The number of rotatable bonds is 3. The molecule has 0 radical (unpaired) electrons. The first-order valence-electron chi connectivity index (χ1n) is 3.77. The lowest BCUT2D eigenvalue weighted by molar-refractivity contribution is 0.0993. The number of Topliss-reactive ketones (excluding diaryl/α,β-unsaturated/α-hetero) is 1. The lowest BCUT2D eigenvalue weighted by Gasteiger charge is -2.02. The first-order valence-corrected chi connectivity index (χ1v) is 3.77. The molecule has 14 heavy (non-hydrogen) atoms. The van der Waals surface area contributed by atoms with Crippen LogP contribution in [0, 0.1) is 11.6 Å². The van der Waals surface area contributed by atoms with Crippen LogP contribution < -0.4 is 5.73 Å². The second-order valence-electron chi connectivity index (χ2n) is 2.60. The normalized spacial score (nSPS) is 9.93. The minimum absolute atomic E-state index is 0.193. The van der Waals surface area contributed by atoms with Crippen LogP contribution in [0.15, 0.2) is 12.1 Å². The Bertz CT molecular complexity index is 391. The number of ketones is 1. The molecule has 2 N–H and O–H groups in total. The molecular weight excluding hydrogens is 192 g/mol. The summed E-state index contributed by atoms with van der Waals surface area (Å²) in [5, 5.41) is 0. The van der Waals surface area contributed by atoms with Crippen LogP contribution in [0.1, 0.15) is 20.7 Å². The van der Waals surface area contributed by atoms with E-state index in [9.17, 15) is 18.4 Å². The van der Waals surface area contributed by atoms with Crippen molar-refractivity contribution < 1.29 is 18.4 Å². The summed E-state index contributed by atoms with van der Waals surface area (Å²) in [5.74, 6) is -2.95. The number of carbonyl (C=O) groups is 2. The van der Waals surface area contributed by atoms with Gasteiger partial charge in [0.2, 0.25) is 0 Å². The van der Waals surface area contributed by atoms with Crippen LogP contribution in [-0.4, -0.2) is 18.6 Å². The van der Waals surface area contributed by atoms with Crippen LogP contribution in [0.3, 0.4) is 0 Å². The van der Waals surface area contributed by atoms with Crippen molar-refractivity contribution in [2.24, 2.45) is 5.73 Å². The molecule has 0 saturated heterocycles. The van der Waals surface area contributed by atoms with Crippen molar-refractivity contribution in [1.82, 2.24) is 0 Å². The van der Waals surface area contributed by atoms with Gasteiger partial charge in [-0.1, -0.05) is 0 Å². The van der Waals surface area contributed by atoms with E-state index in [0.29, 0.717) is 12.1 Å². The van der Waals surface area contributed by atoms with Crippen molar-refractivity contribution in [3.8, 4) is 0 Å². The lowest BCUT2D eigenvalue weighted by atomic mass is 10.0. The summed E-state index contributed by atoms with van der Waals surface area (Å²) in [6, 6.07) is 1.35. The maximum atomic E-state index is 12.7. The SMILES string of the molecule is NCC(=O)c1cc(F)c(F)cc1C=O. The number of halogens is 2. The quantitative estimate of drug-likeness (QED) is 0.581. The molecule has 0 aliphatic carbocycles. The van der Waals surface area contributed by atoms with Gasteiger partial charge in [0, 0.05) is 11.1 Å². The van der Waals surface area contributed by atoms with Gasteiger partial charge in [-0.25, -0.2) is 8.78 Å². The summed E-state index contributed by atoms with van der Waals surface area (Å²) >= 11 is 0. The van der Waals surface area contributed by atoms with E-state index in [1.54, 1.807) is 0 Å². The standard InChI is InChI=1S/C9H7F2NO2/c10-7-1-5(4-13)6(2-8(7)11)9(14)3-12/h1-2,4H,3,12H2. The van der Waals surface area contributed by atoms with Crippen LogP contribution in [-0.2, 0) is 0 Å². The average Bonchev–Trinajstić information content (AvgIpc) is 2.20. The zero-order chi connectivity index (χ0) is 10.7. The highest BCUT2D eigenvalue weighted by molar-refractivity contribution is 6.03. The van der Waals surface area contributed by atoms with E-state index in [4.69, 9.17) is 5.73 Å². The molecule has 1 aromatic rings. The highest BCUT2D eigenvalue weighted by Crippen LogP contribution is 2.13. The molecule has 0 heterocycles. The van der Waals surface area contributed by atoms with E-state index in [2.05, 4.69) is 0 Å². The van der Waals surface area contributed by atoms with Crippen molar-refractivity contribution in [3.05, 3.63) is 34.9 Å². The number of hydrogen-bond acceptors (Lipinski definition) is 3. The Morgan fingerprint density at radius 1 is 1.36 bits per heavy atom. The first kappa shape index (κ1) is 10.5. The predicted octanol–water partition coefficient (Wildman–Crippen LogP) is 0.919. The third kappa shape index (κ3) is 1.82. The highest BCUT2D eigenvalue weighted by atomic mass is 19.2. The molecule has 0 atom stereocenters. The number of hydrogen-bond donors (Lipinski definition) is 1. The molecule has 0 saturated carbocycles. The van der Waals surface area contributed by atoms with Crippen molar-refractivity contribution in [2.45, 2.75) is 0 Å². The van der Waals surface area contributed by atoms with Crippen LogP contribution >= 0.6 is 0 Å². The summed E-state index contributed by atoms with van der Waals surface area (Å²) in [6.07, 6.45) is 0.283. The Morgan fingerprint density at radius 3 is 2.43 bits per heavy atom. The summed E-state index contributed by atoms with van der Waals surface area (Å²) < 4.78 is 25.3. The van der Waals surface area contributed by atoms with Crippen molar-refractivity contribution in [2.75, 3.05) is 6.54 Å². The zero-order valence-electron chi connectivity index (χ0n) is 7.09. The van der Waals surface area contributed by atoms with Gasteiger partial charge >= 0.3 is 0 Å². The van der Waals surface area contributed by atoms with Gasteiger partial charge in [-0.15, -0.1) is 0 Å². The lowest BCUT2D eigenvalue weighted by Crippen LogP contribution is -2.16. The second kappa shape index (κ2) is 4.06. The van der Waals surface area contributed by atoms with Crippen LogP contribution in [0.5, 0.6) is 0 Å². The number of aldehydes is 1. The molecule has 0 aliphatic rings. The van der Waals surface area contributed by atoms with Gasteiger partial charge < -0.3 is 5.73 Å².